The van der Waals surface area contributed by atoms with Crippen molar-refractivity contribution in [2.24, 2.45) is 0 Å². The van der Waals surface area contributed by atoms with Gasteiger partial charge in [-0.2, -0.15) is 4.68 Å². The third-order valence-corrected chi connectivity index (χ3v) is 2.57. The number of hydrogen-bond acceptors (Lipinski definition) is 3. The highest BCUT2D eigenvalue weighted by Gasteiger charge is 2.13. The Labute approximate surface area is 99.0 Å². The van der Waals surface area contributed by atoms with E-state index in [1.54, 1.807) is 10.7 Å². The zero-order valence-corrected chi connectivity index (χ0v) is 9.94. The van der Waals surface area contributed by atoms with Crippen molar-refractivity contribution < 1.29 is 0 Å². The second-order valence-corrected chi connectivity index (χ2v) is 4.34. The Morgan fingerprint density at radius 2 is 2.12 bits per heavy atom. The summed E-state index contributed by atoms with van der Waals surface area (Å²) < 4.78 is 1.60. The number of anilines is 1. The number of aromatic nitrogens is 3. The van der Waals surface area contributed by atoms with Crippen LogP contribution in [-0.2, 0) is 0 Å². The molecule has 2 aromatic rings. The van der Waals surface area contributed by atoms with Crippen molar-refractivity contribution in [2.45, 2.75) is 19.8 Å². The number of hydrogen-bond donors (Lipinski definition) is 1. The highest BCUT2D eigenvalue weighted by atomic mass is 35.5. The Morgan fingerprint density at radius 3 is 2.69 bits per heavy atom. The Hall–Kier alpha value is -1.55. The third-order valence-electron chi connectivity index (χ3n) is 2.33. The van der Waals surface area contributed by atoms with E-state index in [0.717, 1.165) is 11.4 Å². The lowest BCUT2D eigenvalue weighted by Crippen LogP contribution is -2.03. The van der Waals surface area contributed by atoms with Crippen molar-refractivity contribution in [2.75, 3.05) is 5.73 Å². The maximum Gasteiger partial charge on any atom is 0.151 e. The van der Waals surface area contributed by atoms with E-state index in [2.05, 4.69) is 10.3 Å². The summed E-state index contributed by atoms with van der Waals surface area (Å²) in [7, 11) is 0. The lowest BCUT2D eigenvalue weighted by molar-refractivity contribution is 0.776. The summed E-state index contributed by atoms with van der Waals surface area (Å²) in [6, 6.07) is 7.35. The van der Waals surface area contributed by atoms with Gasteiger partial charge in [-0.3, -0.25) is 0 Å². The molecule has 84 valence electrons. The summed E-state index contributed by atoms with van der Waals surface area (Å²) >= 11 is 5.91. The molecule has 0 amide bonds. The molecule has 5 heteroatoms. The molecule has 0 fully saturated rings. The average Bonchev–Trinajstić information content (AvgIpc) is 2.60. The minimum atomic E-state index is 0.257. The first-order chi connectivity index (χ1) is 7.59. The molecule has 1 aromatic carbocycles. The van der Waals surface area contributed by atoms with Gasteiger partial charge < -0.3 is 5.73 Å². The molecule has 2 rings (SSSR count). The molecule has 0 bridgehead atoms. The molecule has 2 N–H and O–H groups in total. The third kappa shape index (κ3) is 1.88. The van der Waals surface area contributed by atoms with Crippen LogP contribution in [0.1, 0.15) is 25.5 Å². The normalized spacial score (nSPS) is 11.0. The molecular weight excluding hydrogens is 224 g/mol. The first-order valence-corrected chi connectivity index (χ1v) is 5.44. The van der Waals surface area contributed by atoms with Crippen LogP contribution in [0, 0.1) is 0 Å². The molecule has 16 heavy (non-hydrogen) atoms. The minimum absolute atomic E-state index is 0.257. The molecule has 0 radical (unpaired) electrons. The fourth-order valence-corrected chi connectivity index (χ4v) is 1.70. The standard InChI is InChI=1S/C11H13ClN4/c1-7(2)10-11(13)16(15-14-10)9-5-3-4-8(12)6-9/h3-7H,13H2,1-2H3. The van der Waals surface area contributed by atoms with Crippen LogP contribution < -0.4 is 5.73 Å². The van der Waals surface area contributed by atoms with Crippen LogP contribution >= 0.6 is 11.6 Å². The molecule has 4 nitrogen and oxygen atoms in total. The number of nitrogens with zero attached hydrogens (tertiary/aromatic N) is 3. The summed E-state index contributed by atoms with van der Waals surface area (Å²) in [5.41, 5.74) is 7.61. The van der Waals surface area contributed by atoms with Crippen LogP contribution in [0.15, 0.2) is 24.3 Å². The van der Waals surface area contributed by atoms with Crippen molar-refractivity contribution in [3.63, 3.8) is 0 Å². The number of halogens is 1. The molecule has 0 aliphatic rings. The molecule has 0 unspecified atom stereocenters. The van der Waals surface area contributed by atoms with Crippen LogP contribution in [0.5, 0.6) is 0 Å². The van der Waals surface area contributed by atoms with Crippen LogP contribution in [0.4, 0.5) is 5.82 Å². The monoisotopic (exact) mass is 236 g/mol. The molecule has 0 saturated carbocycles. The van der Waals surface area contributed by atoms with Crippen molar-refractivity contribution in [3.8, 4) is 5.69 Å². The van der Waals surface area contributed by atoms with Gasteiger partial charge in [0.25, 0.3) is 0 Å². The number of nitrogens with two attached hydrogens (primary N) is 1. The summed E-state index contributed by atoms with van der Waals surface area (Å²) in [5, 5.41) is 8.75. The maximum absolute atomic E-state index is 5.98. The molecule has 0 aliphatic carbocycles. The maximum atomic E-state index is 5.98. The van der Waals surface area contributed by atoms with E-state index >= 15 is 0 Å². The van der Waals surface area contributed by atoms with E-state index in [-0.39, 0.29) is 5.92 Å². The smallest absolute Gasteiger partial charge is 0.151 e. The molecule has 1 aromatic heterocycles. The topological polar surface area (TPSA) is 56.7 Å². The highest BCUT2D eigenvalue weighted by Crippen LogP contribution is 2.22. The zero-order chi connectivity index (χ0) is 11.7. The largest absolute Gasteiger partial charge is 0.382 e. The fraction of sp³-hybridized carbons (Fsp3) is 0.273. The number of rotatable bonds is 2. The van der Waals surface area contributed by atoms with Crippen molar-refractivity contribution in [1.82, 2.24) is 15.0 Å². The van der Waals surface area contributed by atoms with Gasteiger partial charge in [-0.05, 0) is 18.2 Å². The second-order valence-electron chi connectivity index (χ2n) is 3.91. The number of benzene rings is 1. The van der Waals surface area contributed by atoms with Crippen LogP contribution in [0.2, 0.25) is 5.02 Å². The first-order valence-electron chi connectivity index (χ1n) is 5.06. The zero-order valence-electron chi connectivity index (χ0n) is 9.18. The Balaban J connectivity index is 2.49. The molecule has 0 spiro atoms. The summed E-state index contributed by atoms with van der Waals surface area (Å²) in [4.78, 5) is 0. The summed E-state index contributed by atoms with van der Waals surface area (Å²) in [5.74, 6) is 0.824. The van der Waals surface area contributed by atoms with E-state index < -0.39 is 0 Å². The summed E-state index contributed by atoms with van der Waals surface area (Å²) in [6.45, 7) is 4.06. The van der Waals surface area contributed by atoms with Crippen molar-refractivity contribution in [3.05, 3.63) is 35.0 Å². The van der Waals surface area contributed by atoms with Gasteiger partial charge in [0.15, 0.2) is 5.82 Å². The van der Waals surface area contributed by atoms with Crippen molar-refractivity contribution in [1.29, 1.82) is 0 Å². The van der Waals surface area contributed by atoms with Crippen LogP contribution in [0.25, 0.3) is 5.69 Å². The van der Waals surface area contributed by atoms with Gasteiger partial charge >= 0.3 is 0 Å². The predicted molar refractivity (Wildman–Crippen MR) is 64.9 cm³/mol. The van der Waals surface area contributed by atoms with Gasteiger partial charge in [-0.25, -0.2) is 0 Å². The second kappa shape index (κ2) is 4.14. The van der Waals surface area contributed by atoms with Gasteiger partial charge in [0.1, 0.15) is 5.69 Å². The quantitative estimate of drug-likeness (QED) is 0.872. The van der Waals surface area contributed by atoms with E-state index in [4.69, 9.17) is 17.3 Å². The summed E-state index contributed by atoms with van der Waals surface area (Å²) in [6.07, 6.45) is 0. The van der Waals surface area contributed by atoms with Crippen molar-refractivity contribution >= 4 is 17.4 Å². The minimum Gasteiger partial charge on any atom is -0.382 e. The Kier molecular flexibility index (Phi) is 2.83. The predicted octanol–water partition coefficient (Wildman–Crippen LogP) is 2.63. The van der Waals surface area contributed by atoms with E-state index in [1.807, 2.05) is 32.0 Å². The SMILES string of the molecule is CC(C)c1nnn(-c2cccc(Cl)c2)c1N. The van der Waals surface area contributed by atoms with Gasteiger partial charge in [0, 0.05) is 10.9 Å². The number of nitrogen functional groups attached to an aromatic ring is 1. The Morgan fingerprint density at radius 1 is 1.38 bits per heavy atom. The lowest BCUT2D eigenvalue weighted by atomic mass is 10.1. The Bertz CT molecular complexity index is 504. The van der Waals surface area contributed by atoms with Gasteiger partial charge in [0.2, 0.25) is 0 Å². The van der Waals surface area contributed by atoms with Crippen LogP contribution in [-0.4, -0.2) is 15.0 Å². The molecule has 0 saturated heterocycles. The average molecular weight is 237 g/mol. The van der Waals surface area contributed by atoms with E-state index in [9.17, 15) is 0 Å². The molecule has 0 aliphatic heterocycles. The molecular formula is C11H13ClN4. The van der Waals surface area contributed by atoms with Gasteiger partial charge in [-0.15, -0.1) is 5.10 Å². The van der Waals surface area contributed by atoms with Crippen LogP contribution in [0.3, 0.4) is 0 Å². The van der Waals surface area contributed by atoms with Gasteiger partial charge in [0.05, 0.1) is 5.69 Å². The highest BCUT2D eigenvalue weighted by molar-refractivity contribution is 6.30. The lowest BCUT2D eigenvalue weighted by Gasteiger charge is -2.04. The van der Waals surface area contributed by atoms with E-state index in [0.29, 0.717) is 10.8 Å². The molecule has 1 heterocycles. The van der Waals surface area contributed by atoms with Gasteiger partial charge in [-0.1, -0.05) is 36.7 Å². The first kappa shape index (κ1) is 11.0. The fourth-order valence-electron chi connectivity index (χ4n) is 1.51. The van der Waals surface area contributed by atoms with E-state index in [1.165, 1.54) is 0 Å². The molecule has 0 atom stereocenters.